The van der Waals surface area contributed by atoms with Gasteiger partial charge in [-0.25, -0.2) is 4.39 Å². The third-order valence-corrected chi connectivity index (χ3v) is 2.73. The Hall–Kier alpha value is -1.38. The maximum absolute atomic E-state index is 13.6. The zero-order chi connectivity index (χ0) is 12.7. The summed E-state index contributed by atoms with van der Waals surface area (Å²) in [6.45, 7) is 2.11. The fourth-order valence-electron chi connectivity index (χ4n) is 1.78. The molecule has 17 heavy (non-hydrogen) atoms. The lowest BCUT2D eigenvalue weighted by Gasteiger charge is -2.08. The smallest absolute Gasteiger partial charge is 0.169 e. The Bertz CT molecular complexity index is 374. The second-order valence-electron chi connectivity index (χ2n) is 4.05. The van der Waals surface area contributed by atoms with Crippen molar-refractivity contribution in [1.29, 1.82) is 0 Å². The third kappa shape index (κ3) is 3.84. The van der Waals surface area contributed by atoms with E-state index in [1.807, 2.05) is 0 Å². The zero-order valence-electron chi connectivity index (χ0n) is 10.5. The largest absolute Gasteiger partial charge is 0.496 e. The molecule has 0 unspecified atom stereocenters. The van der Waals surface area contributed by atoms with Gasteiger partial charge in [-0.15, -0.1) is 0 Å². The maximum Gasteiger partial charge on any atom is 0.169 e. The number of ketones is 1. The minimum Gasteiger partial charge on any atom is -0.496 e. The molecule has 2 nitrogen and oxygen atoms in total. The van der Waals surface area contributed by atoms with Gasteiger partial charge in [0.25, 0.3) is 0 Å². The van der Waals surface area contributed by atoms with Crippen LogP contribution in [0.4, 0.5) is 4.39 Å². The first-order valence-electron chi connectivity index (χ1n) is 6.06. The van der Waals surface area contributed by atoms with Crippen LogP contribution in [0.25, 0.3) is 0 Å². The van der Waals surface area contributed by atoms with Gasteiger partial charge in [0, 0.05) is 6.42 Å². The van der Waals surface area contributed by atoms with E-state index in [2.05, 4.69) is 6.92 Å². The van der Waals surface area contributed by atoms with Gasteiger partial charge in [-0.3, -0.25) is 4.79 Å². The van der Waals surface area contributed by atoms with Crippen molar-refractivity contribution >= 4 is 5.78 Å². The van der Waals surface area contributed by atoms with Gasteiger partial charge in [0.05, 0.1) is 12.7 Å². The van der Waals surface area contributed by atoms with Gasteiger partial charge < -0.3 is 4.74 Å². The van der Waals surface area contributed by atoms with Crippen LogP contribution in [0, 0.1) is 5.82 Å². The number of hydrogen-bond donors (Lipinski definition) is 0. The molecule has 0 saturated heterocycles. The molecule has 0 bridgehead atoms. The first kappa shape index (κ1) is 13.7. The molecule has 0 aliphatic carbocycles. The van der Waals surface area contributed by atoms with Crippen molar-refractivity contribution in [3.05, 3.63) is 29.6 Å². The molecule has 0 saturated carbocycles. The second-order valence-corrected chi connectivity index (χ2v) is 4.05. The molecule has 0 spiro atoms. The van der Waals surface area contributed by atoms with Crippen LogP contribution in [0.1, 0.15) is 49.4 Å². The Balaban J connectivity index is 2.68. The van der Waals surface area contributed by atoms with Crippen molar-refractivity contribution in [2.75, 3.05) is 7.11 Å². The van der Waals surface area contributed by atoms with Crippen molar-refractivity contribution in [3.8, 4) is 5.75 Å². The normalized spacial score (nSPS) is 10.3. The van der Waals surface area contributed by atoms with Crippen LogP contribution in [0.5, 0.6) is 5.75 Å². The second kappa shape index (κ2) is 7.05. The maximum atomic E-state index is 13.6. The quantitative estimate of drug-likeness (QED) is 0.530. The average Bonchev–Trinajstić information content (AvgIpc) is 2.34. The molecule has 0 fully saturated rings. The van der Waals surface area contributed by atoms with E-state index in [4.69, 9.17) is 4.74 Å². The number of benzene rings is 1. The summed E-state index contributed by atoms with van der Waals surface area (Å²) in [5.41, 5.74) is 0.0894. The van der Waals surface area contributed by atoms with Gasteiger partial charge in [0.15, 0.2) is 5.78 Å². The van der Waals surface area contributed by atoms with E-state index in [1.54, 1.807) is 12.1 Å². The van der Waals surface area contributed by atoms with Gasteiger partial charge in [-0.1, -0.05) is 32.3 Å². The predicted molar refractivity (Wildman–Crippen MR) is 66.0 cm³/mol. The summed E-state index contributed by atoms with van der Waals surface area (Å²) in [5.74, 6) is -0.341. The summed E-state index contributed by atoms with van der Waals surface area (Å²) in [4.78, 5) is 11.9. The van der Waals surface area contributed by atoms with Gasteiger partial charge >= 0.3 is 0 Å². The molecule has 1 aromatic rings. The van der Waals surface area contributed by atoms with E-state index in [-0.39, 0.29) is 11.3 Å². The highest BCUT2D eigenvalue weighted by molar-refractivity contribution is 5.98. The first-order valence-corrected chi connectivity index (χ1v) is 6.06. The molecule has 0 aromatic heterocycles. The molecular formula is C14H19FO2. The number of carbonyl (C=O) groups excluding carboxylic acids is 1. The topological polar surface area (TPSA) is 26.3 Å². The fourth-order valence-corrected chi connectivity index (χ4v) is 1.78. The van der Waals surface area contributed by atoms with Crippen LogP contribution in [0.2, 0.25) is 0 Å². The van der Waals surface area contributed by atoms with Crippen LogP contribution in [-0.4, -0.2) is 12.9 Å². The Labute approximate surface area is 102 Å². The number of carbonyl (C=O) groups is 1. The van der Waals surface area contributed by atoms with Gasteiger partial charge in [0.1, 0.15) is 11.6 Å². The molecule has 0 N–H and O–H groups in total. The van der Waals surface area contributed by atoms with E-state index >= 15 is 0 Å². The van der Waals surface area contributed by atoms with E-state index < -0.39 is 5.82 Å². The minimum absolute atomic E-state index is 0.0894. The molecule has 94 valence electrons. The van der Waals surface area contributed by atoms with Crippen molar-refractivity contribution < 1.29 is 13.9 Å². The predicted octanol–water partition coefficient (Wildman–Crippen LogP) is 3.99. The number of Topliss-reactive ketones (excluding diaryl/α,β-unsaturated/α-hetero) is 1. The lowest BCUT2D eigenvalue weighted by atomic mass is 10.0. The molecule has 0 aliphatic rings. The Morgan fingerprint density at radius 2 is 2.06 bits per heavy atom. The molecule has 1 aromatic carbocycles. The number of unbranched alkanes of at least 4 members (excludes halogenated alkanes) is 3. The van der Waals surface area contributed by atoms with E-state index in [9.17, 15) is 9.18 Å². The fraction of sp³-hybridized carbons (Fsp3) is 0.500. The van der Waals surface area contributed by atoms with Crippen LogP contribution >= 0.6 is 0 Å². The van der Waals surface area contributed by atoms with E-state index in [0.29, 0.717) is 12.2 Å². The van der Waals surface area contributed by atoms with Gasteiger partial charge in [-0.05, 0) is 18.6 Å². The summed E-state index contributed by atoms with van der Waals surface area (Å²) >= 11 is 0. The van der Waals surface area contributed by atoms with Crippen LogP contribution < -0.4 is 4.74 Å². The summed E-state index contributed by atoms with van der Waals surface area (Å²) < 4.78 is 18.6. The minimum atomic E-state index is -0.496. The SMILES string of the molecule is CCCCCCC(=O)c1c(F)cccc1OC. The summed E-state index contributed by atoms with van der Waals surface area (Å²) in [6, 6.07) is 4.45. The molecule has 0 aliphatic heterocycles. The summed E-state index contributed by atoms with van der Waals surface area (Å²) in [5, 5.41) is 0. The van der Waals surface area contributed by atoms with Crippen LogP contribution in [-0.2, 0) is 0 Å². The number of methoxy groups -OCH3 is 1. The van der Waals surface area contributed by atoms with Crippen LogP contribution in [0.15, 0.2) is 18.2 Å². The summed E-state index contributed by atoms with van der Waals surface area (Å²) in [6.07, 6.45) is 4.44. The van der Waals surface area contributed by atoms with Gasteiger partial charge in [0.2, 0.25) is 0 Å². The van der Waals surface area contributed by atoms with Crippen molar-refractivity contribution in [2.45, 2.75) is 39.0 Å². The molecule has 0 atom stereocenters. The van der Waals surface area contributed by atoms with E-state index in [1.165, 1.54) is 13.2 Å². The Morgan fingerprint density at radius 3 is 2.71 bits per heavy atom. The molecular weight excluding hydrogens is 219 g/mol. The number of halogens is 1. The number of ether oxygens (including phenoxy) is 1. The first-order chi connectivity index (χ1) is 8.20. The monoisotopic (exact) mass is 238 g/mol. The number of hydrogen-bond acceptors (Lipinski definition) is 2. The van der Waals surface area contributed by atoms with Crippen molar-refractivity contribution in [3.63, 3.8) is 0 Å². The van der Waals surface area contributed by atoms with Crippen molar-refractivity contribution in [1.82, 2.24) is 0 Å². The third-order valence-electron chi connectivity index (χ3n) is 2.73. The highest BCUT2D eigenvalue weighted by Gasteiger charge is 2.16. The molecule has 0 amide bonds. The highest BCUT2D eigenvalue weighted by atomic mass is 19.1. The lowest BCUT2D eigenvalue weighted by Crippen LogP contribution is -2.05. The van der Waals surface area contributed by atoms with E-state index in [0.717, 1.165) is 25.7 Å². The van der Waals surface area contributed by atoms with Crippen molar-refractivity contribution in [2.24, 2.45) is 0 Å². The molecule has 0 radical (unpaired) electrons. The Kier molecular flexibility index (Phi) is 5.67. The Morgan fingerprint density at radius 1 is 1.29 bits per heavy atom. The van der Waals surface area contributed by atoms with Gasteiger partial charge in [-0.2, -0.15) is 0 Å². The molecule has 3 heteroatoms. The molecule has 0 heterocycles. The summed E-state index contributed by atoms with van der Waals surface area (Å²) in [7, 11) is 1.45. The average molecular weight is 238 g/mol. The standard InChI is InChI=1S/C14H19FO2/c1-3-4-5-6-9-12(16)14-11(15)8-7-10-13(14)17-2/h7-8,10H,3-6,9H2,1-2H3. The lowest BCUT2D eigenvalue weighted by molar-refractivity contribution is 0.0972. The zero-order valence-corrected chi connectivity index (χ0v) is 10.5. The van der Waals surface area contributed by atoms with Crippen LogP contribution in [0.3, 0.4) is 0 Å². The molecule has 1 rings (SSSR count). The highest BCUT2D eigenvalue weighted by Crippen LogP contribution is 2.23. The number of rotatable bonds is 7.